The Kier molecular flexibility index (Phi) is 6.46. The van der Waals surface area contributed by atoms with E-state index in [4.69, 9.17) is 4.98 Å². The summed E-state index contributed by atoms with van der Waals surface area (Å²) in [5, 5.41) is 25.7. The maximum atomic E-state index is 13.5. The molecule has 184 valence electrons. The molecule has 0 bridgehead atoms. The standard InChI is InChI=1S/C27H37N3O3S/c1-26-12-11-22(32)27(2,17-31)21(26)16-20-24(19(26)15-23(33)30-13-7-4-8-14-30)29-25(34-20)28-18-9-5-3-6-10-18/h3,5-6,9-10,19,21-22,31-32H,4,7-8,11-17H2,1-2H3,(H,28,29). The molecule has 2 aliphatic carbocycles. The molecule has 2 heterocycles. The summed E-state index contributed by atoms with van der Waals surface area (Å²) in [7, 11) is 0. The fourth-order valence-corrected chi connectivity index (χ4v) is 7.88. The number of aliphatic hydroxyl groups is 2. The minimum atomic E-state index is -0.589. The summed E-state index contributed by atoms with van der Waals surface area (Å²) in [6.45, 7) is 5.95. The number of amides is 1. The zero-order chi connectivity index (χ0) is 23.9. The van der Waals surface area contributed by atoms with Crippen LogP contribution in [0.2, 0.25) is 0 Å². The van der Waals surface area contributed by atoms with Crippen molar-refractivity contribution < 1.29 is 15.0 Å². The van der Waals surface area contributed by atoms with Crippen LogP contribution in [0, 0.1) is 16.7 Å². The first kappa shape index (κ1) is 23.8. The first-order chi connectivity index (χ1) is 16.3. The number of rotatable bonds is 5. The summed E-state index contributed by atoms with van der Waals surface area (Å²) in [6, 6.07) is 10.0. The smallest absolute Gasteiger partial charge is 0.223 e. The van der Waals surface area contributed by atoms with Crippen LogP contribution in [0.4, 0.5) is 10.8 Å². The summed E-state index contributed by atoms with van der Waals surface area (Å²) in [5.41, 5.74) is 1.25. The number of para-hydroxylation sites is 1. The van der Waals surface area contributed by atoms with Crippen molar-refractivity contribution in [3.8, 4) is 0 Å². The van der Waals surface area contributed by atoms with Crippen molar-refractivity contribution in [2.24, 2.45) is 16.7 Å². The number of carbonyl (C=O) groups is 1. The molecule has 3 N–H and O–H groups in total. The second-order valence-electron chi connectivity index (χ2n) is 11.0. The second kappa shape index (κ2) is 9.25. The van der Waals surface area contributed by atoms with Crippen LogP contribution in [-0.4, -0.2) is 51.8 Å². The Labute approximate surface area is 206 Å². The lowest BCUT2D eigenvalue weighted by Crippen LogP contribution is -2.57. The van der Waals surface area contributed by atoms with Crippen LogP contribution in [0.15, 0.2) is 30.3 Å². The zero-order valence-corrected chi connectivity index (χ0v) is 21.1. The molecule has 1 amide bonds. The third-order valence-corrected chi connectivity index (χ3v) is 10.0. The highest BCUT2D eigenvalue weighted by molar-refractivity contribution is 7.15. The Hall–Kier alpha value is -1.96. The lowest BCUT2D eigenvalue weighted by atomic mass is 9.47. The van der Waals surface area contributed by atoms with Crippen LogP contribution >= 0.6 is 11.3 Å². The van der Waals surface area contributed by atoms with Crippen molar-refractivity contribution >= 4 is 28.1 Å². The summed E-state index contributed by atoms with van der Waals surface area (Å²) in [5.74, 6) is 0.293. The number of aliphatic hydroxyl groups excluding tert-OH is 2. The largest absolute Gasteiger partial charge is 0.396 e. The molecule has 1 aromatic heterocycles. The van der Waals surface area contributed by atoms with Crippen molar-refractivity contribution in [1.82, 2.24) is 9.88 Å². The number of hydrogen-bond donors (Lipinski definition) is 3. The number of nitrogens with one attached hydrogen (secondary N) is 1. The van der Waals surface area contributed by atoms with Gasteiger partial charge in [-0.05, 0) is 62.0 Å². The Morgan fingerprint density at radius 3 is 2.65 bits per heavy atom. The zero-order valence-electron chi connectivity index (χ0n) is 20.3. The fourth-order valence-electron chi connectivity index (χ4n) is 6.79. The number of fused-ring (bicyclic) bond motifs is 2. The van der Waals surface area contributed by atoms with Gasteiger partial charge >= 0.3 is 0 Å². The average molecular weight is 484 g/mol. The monoisotopic (exact) mass is 483 g/mol. The minimum absolute atomic E-state index is 0.0170. The van der Waals surface area contributed by atoms with Gasteiger partial charge in [-0.1, -0.05) is 32.0 Å². The van der Waals surface area contributed by atoms with E-state index in [2.05, 4.69) is 12.2 Å². The van der Waals surface area contributed by atoms with Crippen LogP contribution in [0.5, 0.6) is 0 Å². The summed E-state index contributed by atoms with van der Waals surface area (Å²) in [6.07, 6.45) is 5.54. The van der Waals surface area contributed by atoms with Crippen LogP contribution in [-0.2, 0) is 11.2 Å². The SMILES string of the molecule is CC1(CO)C(O)CCC2(C)C(CC(=O)N3CCCCC3)c3nc(Nc4ccccc4)sc3CC12. The van der Waals surface area contributed by atoms with Gasteiger partial charge in [-0.3, -0.25) is 4.79 Å². The molecule has 3 aliphatic rings. The van der Waals surface area contributed by atoms with Crippen molar-refractivity contribution in [1.29, 1.82) is 0 Å². The van der Waals surface area contributed by atoms with E-state index in [0.29, 0.717) is 12.8 Å². The lowest BCUT2D eigenvalue weighted by molar-refractivity contribution is -0.147. The van der Waals surface area contributed by atoms with E-state index in [1.807, 2.05) is 42.2 Å². The molecule has 5 atom stereocenters. The third kappa shape index (κ3) is 4.06. The number of benzene rings is 1. The topological polar surface area (TPSA) is 85.7 Å². The van der Waals surface area contributed by atoms with Crippen molar-refractivity contribution in [2.45, 2.75) is 70.8 Å². The van der Waals surface area contributed by atoms with E-state index in [1.54, 1.807) is 11.3 Å². The highest BCUT2D eigenvalue weighted by Crippen LogP contribution is 2.63. The van der Waals surface area contributed by atoms with E-state index < -0.39 is 11.5 Å². The van der Waals surface area contributed by atoms with Gasteiger partial charge < -0.3 is 20.4 Å². The lowest BCUT2D eigenvalue weighted by Gasteiger charge is -2.58. The van der Waals surface area contributed by atoms with Crippen LogP contribution in [0.3, 0.4) is 0 Å². The van der Waals surface area contributed by atoms with Gasteiger partial charge in [0.1, 0.15) is 0 Å². The van der Waals surface area contributed by atoms with Gasteiger partial charge in [0.05, 0.1) is 18.4 Å². The molecule has 2 fully saturated rings. The molecule has 34 heavy (non-hydrogen) atoms. The Bertz CT molecular complexity index is 1020. The van der Waals surface area contributed by atoms with E-state index >= 15 is 0 Å². The molecule has 5 rings (SSSR count). The number of carbonyl (C=O) groups excluding carboxylic acids is 1. The summed E-state index contributed by atoms with van der Waals surface area (Å²) in [4.78, 5) is 21.8. The summed E-state index contributed by atoms with van der Waals surface area (Å²) >= 11 is 1.65. The molecule has 2 aromatic rings. The number of thiazole rings is 1. The van der Waals surface area contributed by atoms with E-state index in [1.165, 1.54) is 11.3 Å². The normalized spacial score (nSPS) is 33.2. The van der Waals surface area contributed by atoms with Gasteiger partial charge in [-0.25, -0.2) is 4.98 Å². The van der Waals surface area contributed by atoms with E-state index in [0.717, 1.165) is 55.3 Å². The maximum absolute atomic E-state index is 13.5. The molecule has 7 heteroatoms. The number of aromatic nitrogens is 1. The Morgan fingerprint density at radius 2 is 1.94 bits per heavy atom. The van der Waals surface area contributed by atoms with Gasteiger partial charge in [-0.15, -0.1) is 11.3 Å². The minimum Gasteiger partial charge on any atom is -0.396 e. The number of likely N-dealkylation sites (tertiary alicyclic amines) is 1. The predicted molar refractivity (Wildman–Crippen MR) is 135 cm³/mol. The highest BCUT2D eigenvalue weighted by Gasteiger charge is 2.59. The fraction of sp³-hybridized carbons (Fsp3) is 0.630. The number of nitrogens with zero attached hydrogens (tertiary/aromatic N) is 2. The highest BCUT2D eigenvalue weighted by atomic mass is 32.1. The maximum Gasteiger partial charge on any atom is 0.223 e. The molecule has 1 aliphatic heterocycles. The molecule has 1 aromatic carbocycles. The van der Waals surface area contributed by atoms with Gasteiger partial charge in [-0.2, -0.15) is 0 Å². The van der Waals surface area contributed by atoms with Crippen LogP contribution in [0.1, 0.15) is 68.9 Å². The first-order valence-corrected chi connectivity index (χ1v) is 13.5. The van der Waals surface area contributed by atoms with Gasteiger partial charge in [0.2, 0.25) is 5.91 Å². The summed E-state index contributed by atoms with van der Waals surface area (Å²) < 4.78 is 0. The molecule has 0 radical (unpaired) electrons. The molecule has 0 spiro atoms. The number of hydrogen-bond acceptors (Lipinski definition) is 6. The second-order valence-corrected chi connectivity index (χ2v) is 12.1. The van der Waals surface area contributed by atoms with Crippen molar-refractivity contribution in [3.63, 3.8) is 0 Å². The molecule has 6 nitrogen and oxygen atoms in total. The number of anilines is 2. The quantitative estimate of drug-likeness (QED) is 0.574. The van der Waals surface area contributed by atoms with Gasteiger partial charge in [0.15, 0.2) is 5.13 Å². The molecule has 5 unspecified atom stereocenters. The number of piperidine rings is 1. The Balaban J connectivity index is 1.52. The third-order valence-electron chi connectivity index (χ3n) is 9.01. The molecular weight excluding hydrogens is 446 g/mol. The first-order valence-electron chi connectivity index (χ1n) is 12.7. The van der Waals surface area contributed by atoms with E-state index in [-0.39, 0.29) is 29.8 Å². The molecule has 1 saturated carbocycles. The van der Waals surface area contributed by atoms with E-state index in [9.17, 15) is 15.0 Å². The van der Waals surface area contributed by atoms with Crippen LogP contribution < -0.4 is 5.32 Å². The molecular formula is C27H37N3O3S. The van der Waals surface area contributed by atoms with Crippen LogP contribution in [0.25, 0.3) is 0 Å². The predicted octanol–water partition coefficient (Wildman–Crippen LogP) is 4.70. The average Bonchev–Trinajstić information content (AvgIpc) is 3.26. The Morgan fingerprint density at radius 1 is 1.21 bits per heavy atom. The van der Waals surface area contributed by atoms with Crippen molar-refractivity contribution in [3.05, 3.63) is 40.9 Å². The molecule has 1 saturated heterocycles. The van der Waals surface area contributed by atoms with Crippen molar-refractivity contribution in [2.75, 3.05) is 25.0 Å². The van der Waals surface area contributed by atoms with Gasteiger partial charge in [0.25, 0.3) is 0 Å². The van der Waals surface area contributed by atoms with Gasteiger partial charge in [0, 0.05) is 41.4 Å².